The number of carboxylic acids is 1. The van der Waals surface area contributed by atoms with Crippen molar-refractivity contribution >= 4 is 29.3 Å². The van der Waals surface area contributed by atoms with Crippen molar-refractivity contribution in [3.63, 3.8) is 0 Å². The van der Waals surface area contributed by atoms with Crippen molar-refractivity contribution in [2.24, 2.45) is 0 Å². The molecule has 0 spiro atoms. The summed E-state index contributed by atoms with van der Waals surface area (Å²) in [5, 5.41) is 15.1. The maximum atomic E-state index is 11.9. The van der Waals surface area contributed by atoms with Crippen molar-refractivity contribution in [3.8, 4) is 0 Å². The smallest absolute Gasteiger partial charge is 0.350 e. The van der Waals surface area contributed by atoms with Gasteiger partial charge in [-0.25, -0.2) is 9.48 Å². The van der Waals surface area contributed by atoms with Gasteiger partial charge in [-0.3, -0.25) is 14.0 Å². The lowest BCUT2D eigenvalue weighted by atomic mass is 10.5. The number of hydrogen-bond donors (Lipinski definition) is 2. The van der Waals surface area contributed by atoms with Crippen molar-refractivity contribution in [1.82, 2.24) is 19.5 Å². The number of pyridine rings is 1. The number of nitrogens with one attached hydrogen (secondary N) is 1. The van der Waals surface area contributed by atoms with Crippen LogP contribution in [-0.4, -0.2) is 49.2 Å². The van der Waals surface area contributed by atoms with Crippen LogP contribution in [0, 0.1) is 0 Å². The Morgan fingerprint density at radius 2 is 2.19 bits per heavy atom. The second-order valence-corrected chi connectivity index (χ2v) is 5.27. The largest absolute Gasteiger partial charge is 0.481 e. The predicted molar refractivity (Wildman–Crippen MR) is 77.4 cm³/mol. The Hall–Kier alpha value is -2.29. The van der Waals surface area contributed by atoms with Crippen LogP contribution in [-0.2, 0) is 16.1 Å². The van der Waals surface area contributed by atoms with E-state index in [-0.39, 0.29) is 23.9 Å². The topological polar surface area (TPSA) is 106 Å². The van der Waals surface area contributed by atoms with Crippen molar-refractivity contribution in [1.29, 1.82) is 0 Å². The zero-order chi connectivity index (χ0) is 15.2. The average Bonchev–Trinajstić information content (AvgIpc) is 2.75. The van der Waals surface area contributed by atoms with E-state index in [0.717, 1.165) is 4.68 Å². The SMILES string of the molecule is O=C(O)CSCCNC(=O)Cn1nc2ccccn2c1=O. The van der Waals surface area contributed by atoms with Crippen molar-refractivity contribution in [3.05, 3.63) is 34.9 Å². The van der Waals surface area contributed by atoms with Gasteiger partial charge in [-0.15, -0.1) is 16.9 Å². The molecule has 0 aromatic carbocycles. The third-order valence-corrected chi connectivity index (χ3v) is 3.52. The molecular weight excluding hydrogens is 296 g/mol. The number of aliphatic carboxylic acids is 1. The molecule has 0 radical (unpaired) electrons. The molecular formula is C12H14N4O4S. The lowest BCUT2D eigenvalue weighted by Crippen LogP contribution is -2.33. The number of fused-ring (bicyclic) bond motifs is 1. The van der Waals surface area contributed by atoms with E-state index in [1.54, 1.807) is 24.4 Å². The predicted octanol–water partition coefficient (Wildman–Crippen LogP) is -0.570. The van der Waals surface area contributed by atoms with Crippen LogP contribution >= 0.6 is 11.8 Å². The first-order valence-corrected chi connectivity index (χ1v) is 7.34. The standard InChI is InChI=1S/C12H14N4O4S/c17-10(13-4-6-21-8-11(18)19)7-16-12(20)15-5-2-1-3-9(15)14-16/h1-3,5H,4,6-8H2,(H,13,17)(H,18,19). The van der Waals surface area contributed by atoms with E-state index < -0.39 is 5.97 Å². The minimum absolute atomic E-state index is 0.00175. The summed E-state index contributed by atoms with van der Waals surface area (Å²) < 4.78 is 2.45. The van der Waals surface area contributed by atoms with E-state index in [1.165, 1.54) is 16.2 Å². The first-order chi connectivity index (χ1) is 10.1. The molecule has 9 heteroatoms. The van der Waals surface area contributed by atoms with Gasteiger partial charge < -0.3 is 10.4 Å². The van der Waals surface area contributed by atoms with Gasteiger partial charge in [0.25, 0.3) is 0 Å². The van der Waals surface area contributed by atoms with E-state index in [4.69, 9.17) is 5.11 Å². The molecule has 0 saturated heterocycles. The zero-order valence-electron chi connectivity index (χ0n) is 11.1. The highest BCUT2D eigenvalue weighted by molar-refractivity contribution is 7.99. The fourth-order valence-corrected chi connectivity index (χ4v) is 2.25. The Balaban J connectivity index is 1.86. The van der Waals surface area contributed by atoms with Gasteiger partial charge in [0, 0.05) is 18.5 Å². The lowest BCUT2D eigenvalue weighted by Gasteiger charge is -2.03. The van der Waals surface area contributed by atoms with Crippen molar-refractivity contribution < 1.29 is 14.7 Å². The van der Waals surface area contributed by atoms with E-state index in [0.29, 0.717) is 17.9 Å². The van der Waals surface area contributed by atoms with Crippen molar-refractivity contribution in [2.45, 2.75) is 6.54 Å². The molecule has 2 heterocycles. The molecule has 1 amide bonds. The van der Waals surface area contributed by atoms with E-state index in [1.807, 2.05) is 0 Å². The number of amides is 1. The van der Waals surface area contributed by atoms with Crippen molar-refractivity contribution in [2.75, 3.05) is 18.1 Å². The van der Waals surface area contributed by atoms with E-state index in [9.17, 15) is 14.4 Å². The summed E-state index contributed by atoms with van der Waals surface area (Å²) in [6.45, 7) is 0.184. The molecule has 0 unspecified atom stereocenters. The maximum Gasteiger partial charge on any atom is 0.350 e. The Bertz CT molecular complexity index is 709. The van der Waals surface area contributed by atoms with Crippen LogP contribution in [0.3, 0.4) is 0 Å². The van der Waals surface area contributed by atoms with Gasteiger partial charge >= 0.3 is 11.7 Å². The van der Waals surface area contributed by atoms with Gasteiger partial charge in [0.05, 0.1) is 5.75 Å². The zero-order valence-corrected chi connectivity index (χ0v) is 11.9. The molecule has 0 fully saturated rings. The molecule has 0 saturated carbocycles. The van der Waals surface area contributed by atoms with Gasteiger partial charge in [0.15, 0.2) is 5.65 Å². The molecule has 0 aliphatic heterocycles. The van der Waals surface area contributed by atoms with Crippen LogP contribution in [0.2, 0.25) is 0 Å². The third kappa shape index (κ3) is 4.09. The summed E-state index contributed by atoms with van der Waals surface area (Å²) in [6, 6.07) is 5.14. The van der Waals surface area contributed by atoms with Crippen LogP contribution < -0.4 is 11.0 Å². The second-order valence-electron chi connectivity index (χ2n) is 4.17. The van der Waals surface area contributed by atoms with Crippen LogP contribution in [0.5, 0.6) is 0 Å². The summed E-state index contributed by atoms with van der Waals surface area (Å²) in [4.78, 5) is 33.9. The number of carbonyl (C=O) groups is 2. The molecule has 0 aliphatic carbocycles. The van der Waals surface area contributed by atoms with E-state index in [2.05, 4.69) is 10.4 Å². The van der Waals surface area contributed by atoms with Crippen LogP contribution in [0.25, 0.3) is 5.65 Å². The molecule has 112 valence electrons. The van der Waals surface area contributed by atoms with Gasteiger partial charge in [-0.1, -0.05) is 6.07 Å². The van der Waals surface area contributed by atoms with Gasteiger partial charge in [0.2, 0.25) is 5.91 Å². The molecule has 2 rings (SSSR count). The molecule has 2 aromatic heterocycles. The Kier molecular flexibility index (Phi) is 4.99. The average molecular weight is 310 g/mol. The monoisotopic (exact) mass is 310 g/mol. The molecule has 0 bridgehead atoms. The number of rotatable bonds is 7. The number of carboxylic acid groups (broad SMARTS) is 1. The lowest BCUT2D eigenvalue weighted by molar-refractivity contribution is -0.133. The quantitative estimate of drug-likeness (QED) is 0.664. The third-order valence-electron chi connectivity index (χ3n) is 2.58. The fourth-order valence-electron chi connectivity index (χ4n) is 1.69. The minimum Gasteiger partial charge on any atom is -0.481 e. The summed E-state index contributed by atoms with van der Waals surface area (Å²) in [7, 11) is 0. The molecule has 21 heavy (non-hydrogen) atoms. The van der Waals surface area contributed by atoms with Crippen LogP contribution in [0.4, 0.5) is 0 Å². The highest BCUT2D eigenvalue weighted by atomic mass is 32.2. The number of thioether (sulfide) groups is 1. The van der Waals surface area contributed by atoms with Gasteiger partial charge in [-0.2, -0.15) is 0 Å². The molecule has 0 aliphatic rings. The molecule has 2 aromatic rings. The summed E-state index contributed by atoms with van der Waals surface area (Å²) >= 11 is 1.21. The molecule has 2 N–H and O–H groups in total. The highest BCUT2D eigenvalue weighted by Gasteiger charge is 2.09. The number of aromatic nitrogens is 3. The second kappa shape index (κ2) is 6.93. The Labute approximate surface area is 123 Å². The summed E-state index contributed by atoms with van der Waals surface area (Å²) in [5.74, 6) is -0.723. The molecule has 8 nitrogen and oxygen atoms in total. The van der Waals surface area contributed by atoms with E-state index >= 15 is 0 Å². The van der Waals surface area contributed by atoms with Crippen LogP contribution in [0.15, 0.2) is 29.2 Å². The molecule has 0 atom stereocenters. The normalized spacial score (nSPS) is 10.7. The summed E-state index contributed by atoms with van der Waals surface area (Å²) in [6.07, 6.45) is 1.58. The minimum atomic E-state index is -0.887. The van der Waals surface area contributed by atoms with Gasteiger partial charge in [-0.05, 0) is 12.1 Å². The summed E-state index contributed by atoms with van der Waals surface area (Å²) in [5.41, 5.74) is 0.105. The number of nitrogens with zero attached hydrogens (tertiary/aromatic N) is 3. The highest BCUT2D eigenvalue weighted by Crippen LogP contribution is 1.97. The van der Waals surface area contributed by atoms with Crippen LogP contribution in [0.1, 0.15) is 0 Å². The first-order valence-electron chi connectivity index (χ1n) is 6.18. The number of hydrogen-bond acceptors (Lipinski definition) is 5. The Morgan fingerprint density at radius 3 is 2.90 bits per heavy atom. The first kappa shape index (κ1) is 15.1. The van der Waals surface area contributed by atoms with Gasteiger partial charge in [0.1, 0.15) is 6.54 Å². The maximum absolute atomic E-state index is 11.9. The Morgan fingerprint density at radius 1 is 1.38 bits per heavy atom. The fraction of sp³-hybridized carbons (Fsp3) is 0.333. The number of carbonyl (C=O) groups excluding carboxylic acids is 1.